The lowest BCUT2D eigenvalue weighted by Crippen LogP contribution is -2.52. The number of rotatable bonds is 4. The average molecular weight is 667 g/mol. The van der Waals surface area contributed by atoms with Gasteiger partial charge in [0.15, 0.2) is 5.82 Å². The number of aromatic nitrogens is 5. The van der Waals surface area contributed by atoms with Crippen LogP contribution < -0.4 is 16.0 Å². The molecule has 3 atom stereocenters. The molecule has 5 aromatic rings. The van der Waals surface area contributed by atoms with Gasteiger partial charge in [0.25, 0.3) is 11.8 Å². The Hall–Kier alpha value is -4.71. The Labute approximate surface area is 282 Å². The van der Waals surface area contributed by atoms with Crippen molar-refractivity contribution in [1.29, 1.82) is 0 Å². The van der Waals surface area contributed by atoms with Gasteiger partial charge in [-0.2, -0.15) is 0 Å². The van der Waals surface area contributed by atoms with E-state index >= 15 is 4.39 Å². The highest BCUT2D eigenvalue weighted by Crippen LogP contribution is 2.43. The molecule has 3 aliphatic rings. The van der Waals surface area contributed by atoms with E-state index in [0.717, 1.165) is 72.2 Å². The highest BCUT2D eigenvalue weighted by molar-refractivity contribution is 5.99. The predicted octanol–water partition coefficient (Wildman–Crippen LogP) is 5.88. The summed E-state index contributed by atoms with van der Waals surface area (Å²) in [5, 5.41) is 9.86. The van der Waals surface area contributed by atoms with Crippen molar-refractivity contribution in [3.63, 3.8) is 0 Å². The summed E-state index contributed by atoms with van der Waals surface area (Å²) in [5.41, 5.74) is 5.77. The molecule has 0 radical (unpaired) electrons. The van der Waals surface area contributed by atoms with Crippen LogP contribution in [0.1, 0.15) is 95.2 Å². The minimum atomic E-state index is -1.19. The van der Waals surface area contributed by atoms with Crippen LogP contribution in [0, 0.1) is 12.7 Å². The van der Waals surface area contributed by atoms with E-state index in [1.54, 1.807) is 6.20 Å². The third-order valence-electron chi connectivity index (χ3n) is 10.2. The summed E-state index contributed by atoms with van der Waals surface area (Å²) in [7, 11) is 0. The number of hydrogen-bond acceptors (Lipinski definition) is 6. The molecule has 8 rings (SSSR count). The first kappa shape index (κ1) is 31.6. The number of fused-ring (bicyclic) bond motifs is 3. The van der Waals surface area contributed by atoms with Crippen molar-refractivity contribution in [2.75, 3.05) is 13.1 Å². The number of amides is 2. The molecule has 12 heteroatoms. The van der Waals surface area contributed by atoms with Gasteiger partial charge in [0.2, 0.25) is 0 Å². The minimum absolute atomic E-state index is 0.144. The smallest absolute Gasteiger partial charge is 0.254 e. The normalized spacial score (nSPS) is 21.8. The third kappa shape index (κ3) is 5.85. The molecule has 10 nitrogen and oxygen atoms in total. The number of nitrogens with one attached hydrogen (secondary N) is 3. The highest BCUT2D eigenvalue weighted by Gasteiger charge is 2.32. The van der Waals surface area contributed by atoms with Gasteiger partial charge in [0, 0.05) is 36.8 Å². The number of hydrogen-bond donors (Lipinski definition) is 3. The Bertz CT molecular complexity index is 2100. The minimum Gasteiger partial charge on any atom is -0.345 e. The number of piperidine rings is 1. The van der Waals surface area contributed by atoms with Crippen molar-refractivity contribution in [3.05, 3.63) is 76.5 Å². The van der Waals surface area contributed by atoms with Crippen LogP contribution in [-0.2, 0) is 13.0 Å². The molecule has 6 heterocycles. The van der Waals surface area contributed by atoms with E-state index in [2.05, 4.69) is 36.1 Å². The standard InChI is InChI=1S/C37H40F2N8O2/c1-20-28-10-7-23-16-32(46(34(23)43-28)15-5-3-4-6-22-11-14-41-21(2)33(22)37(49)42-20)35-44-29-17-25(27(39)18-31(29)47(35)24-8-9-24)36(48)45-30-19-40-13-12-26(30)38/h7,10-11,14,16-18,20,24,26,30,40H,3-6,8-9,12-13,15,19H2,1-2H3,(H,42,49)(H,45,48)/t20-,26+,30+/m1/s1. The quantitative estimate of drug-likeness (QED) is 0.221. The second-order valence-corrected chi connectivity index (χ2v) is 13.7. The third-order valence-corrected chi connectivity index (χ3v) is 10.2. The summed E-state index contributed by atoms with van der Waals surface area (Å²) in [6.45, 7) is 5.36. The lowest BCUT2D eigenvalue weighted by Gasteiger charge is -2.27. The topological polar surface area (TPSA) is 119 Å². The van der Waals surface area contributed by atoms with Gasteiger partial charge in [-0.05, 0) is 94.8 Å². The van der Waals surface area contributed by atoms with Crippen molar-refractivity contribution in [2.24, 2.45) is 0 Å². The Morgan fingerprint density at radius 1 is 1.06 bits per heavy atom. The van der Waals surface area contributed by atoms with Crippen LogP contribution in [0.3, 0.4) is 0 Å². The number of benzene rings is 1. The monoisotopic (exact) mass is 666 g/mol. The van der Waals surface area contributed by atoms with E-state index in [0.29, 0.717) is 48.5 Å². The first-order valence-electron chi connectivity index (χ1n) is 17.4. The molecule has 2 fully saturated rings. The van der Waals surface area contributed by atoms with Gasteiger partial charge in [-0.25, -0.2) is 18.7 Å². The number of nitrogens with zero attached hydrogens (tertiary/aromatic N) is 5. The predicted molar refractivity (Wildman–Crippen MR) is 183 cm³/mol. The van der Waals surface area contributed by atoms with Crippen LogP contribution in [0.25, 0.3) is 33.6 Å². The van der Waals surface area contributed by atoms with E-state index in [-0.39, 0.29) is 23.6 Å². The van der Waals surface area contributed by atoms with Gasteiger partial charge >= 0.3 is 0 Å². The molecule has 49 heavy (non-hydrogen) atoms. The number of carbonyl (C=O) groups excluding carboxylic acids is 2. The fraction of sp³-hybridized carbons (Fsp3) is 0.432. The van der Waals surface area contributed by atoms with Gasteiger partial charge in [-0.1, -0.05) is 6.42 Å². The number of alkyl halides is 1. The van der Waals surface area contributed by atoms with Crippen LogP contribution in [0.5, 0.6) is 0 Å². The summed E-state index contributed by atoms with van der Waals surface area (Å²) in [4.78, 5) is 41.2. The van der Waals surface area contributed by atoms with Crippen molar-refractivity contribution < 1.29 is 18.4 Å². The molecule has 3 N–H and O–H groups in total. The summed E-state index contributed by atoms with van der Waals surface area (Å²) in [6, 6.07) is 9.98. The van der Waals surface area contributed by atoms with Gasteiger partial charge < -0.3 is 25.1 Å². The molecule has 1 aromatic carbocycles. The number of pyridine rings is 2. The molecule has 254 valence electrons. The maximum absolute atomic E-state index is 15.7. The molecule has 1 saturated heterocycles. The maximum Gasteiger partial charge on any atom is 0.254 e. The summed E-state index contributed by atoms with van der Waals surface area (Å²) >= 11 is 0. The molecular weight excluding hydrogens is 626 g/mol. The number of aryl methyl sites for hydroxylation is 3. The van der Waals surface area contributed by atoms with Gasteiger partial charge in [0.1, 0.15) is 17.6 Å². The Kier molecular flexibility index (Phi) is 8.13. The zero-order valence-electron chi connectivity index (χ0n) is 27.7. The fourth-order valence-electron chi connectivity index (χ4n) is 7.42. The molecule has 2 aliphatic heterocycles. The molecule has 0 unspecified atom stereocenters. The van der Waals surface area contributed by atoms with E-state index in [1.807, 2.05) is 32.0 Å². The van der Waals surface area contributed by atoms with E-state index in [4.69, 9.17) is 9.97 Å². The van der Waals surface area contributed by atoms with Gasteiger partial charge in [0.05, 0.1) is 51.3 Å². The Morgan fingerprint density at radius 2 is 1.92 bits per heavy atom. The van der Waals surface area contributed by atoms with Crippen LogP contribution in [0.4, 0.5) is 8.78 Å². The van der Waals surface area contributed by atoms with E-state index < -0.39 is 23.9 Å². The van der Waals surface area contributed by atoms with E-state index in [9.17, 15) is 14.0 Å². The maximum atomic E-state index is 15.7. The van der Waals surface area contributed by atoms with E-state index in [1.165, 1.54) is 12.1 Å². The molecule has 1 aliphatic carbocycles. The zero-order chi connectivity index (χ0) is 33.8. The molecule has 4 aromatic heterocycles. The van der Waals surface area contributed by atoms with Gasteiger partial charge in [-0.3, -0.25) is 14.6 Å². The second-order valence-electron chi connectivity index (χ2n) is 13.7. The average Bonchev–Trinajstić information content (AvgIpc) is 3.76. The first-order chi connectivity index (χ1) is 23.8. The SMILES string of the molecule is Cc1nccc2c1C(=O)N[C@H](C)c1ccc3cc(-c4nc5cc(C(=O)N[C@H]6CNCC[C@@H]6F)c(F)cc5n4C4CC4)n(c3n1)CCCCC2. The fourth-order valence-corrected chi connectivity index (χ4v) is 7.42. The Morgan fingerprint density at radius 3 is 2.73 bits per heavy atom. The number of carbonyl (C=O) groups is 2. The highest BCUT2D eigenvalue weighted by atomic mass is 19.1. The van der Waals surface area contributed by atoms with Crippen LogP contribution in [0.15, 0.2) is 42.6 Å². The first-order valence-corrected chi connectivity index (χ1v) is 17.4. The van der Waals surface area contributed by atoms with Crippen molar-refractivity contribution in [1.82, 2.24) is 40.0 Å². The van der Waals surface area contributed by atoms with Crippen LogP contribution >= 0.6 is 0 Å². The molecule has 2 amide bonds. The lowest BCUT2D eigenvalue weighted by molar-refractivity contribution is 0.0887. The number of imidazole rings is 1. The van der Waals surface area contributed by atoms with Crippen molar-refractivity contribution in [3.8, 4) is 11.5 Å². The zero-order valence-corrected chi connectivity index (χ0v) is 27.7. The summed E-state index contributed by atoms with van der Waals surface area (Å²) in [6.07, 6.45) is 6.30. The molecule has 2 bridgehead atoms. The summed E-state index contributed by atoms with van der Waals surface area (Å²) in [5.74, 6) is -0.753. The molecule has 1 saturated carbocycles. The molecular formula is C37H40F2N8O2. The van der Waals surface area contributed by atoms with Gasteiger partial charge in [-0.15, -0.1) is 0 Å². The van der Waals surface area contributed by atoms with Crippen molar-refractivity contribution >= 4 is 33.9 Å². The number of halogens is 2. The van der Waals surface area contributed by atoms with Crippen LogP contribution in [-0.4, -0.2) is 61.2 Å². The Balaban J connectivity index is 1.19. The largest absolute Gasteiger partial charge is 0.345 e. The molecule has 0 spiro atoms. The lowest BCUT2D eigenvalue weighted by atomic mass is 9.99. The second kappa shape index (κ2) is 12.6. The summed E-state index contributed by atoms with van der Waals surface area (Å²) < 4.78 is 34.4. The van der Waals surface area contributed by atoms with Crippen molar-refractivity contribution in [2.45, 2.75) is 89.6 Å². The van der Waals surface area contributed by atoms with Crippen LogP contribution in [0.2, 0.25) is 0 Å².